The zero-order valence-electron chi connectivity index (χ0n) is 17.0. The summed E-state index contributed by atoms with van der Waals surface area (Å²) in [7, 11) is -4.01. The molecule has 0 aliphatic carbocycles. The zero-order valence-corrected chi connectivity index (χ0v) is 18.7. The number of unbranched alkanes of at least 4 members (excludes halogenated alkanes) is 1. The predicted molar refractivity (Wildman–Crippen MR) is 120 cm³/mol. The van der Waals surface area contributed by atoms with E-state index in [1.807, 2.05) is 30.3 Å². The second-order valence-corrected chi connectivity index (χ2v) is 10.5. The summed E-state index contributed by atoms with van der Waals surface area (Å²) in [6.45, 7) is 2.07. The van der Waals surface area contributed by atoms with Crippen LogP contribution in [0.5, 0.6) is 0 Å². The molecule has 0 fully saturated rings. The average molecular weight is 438 g/mol. The van der Waals surface area contributed by atoms with Gasteiger partial charge < -0.3 is 15.5 Å². The lowest BCUT2D eigenvalue weighted by atomic mass is 9.95. The SMILES string of the molecule is CCC(CC(N)CCP(=O)(O)O)c1ccc(C(=O)CCCCc2ccccc2)s1. The van der Waals surface area contributed by atoms with Gasteiger partial charge in [-0.05, 0) is 62.1 Å². The number of rotatable bonds is 13. The summed E-state index contributed by atoms with van der Waals surface area (Å²) in [4.78, 5) is 32.5. The summed E-state index contributed by atoms with van der Waals surface area (Å²) >= 11 is 1.54. The van der Waals surface area contributed by atoms with Gasteiger partial charge in [-0.15, -0.1) is 11.3 Å². The number of benzene rings is 1. The molecule has 5 nitrogen and oxygen atoms in total. The topological polar surface area (TPSA) is 101 Å². The quantitative estimate of drug-likeness (QED) is 0.229. The molecule has 2 atom stereocenters. The molecular formula is C22H32NO4PS. The molecule has 0 radical (unpaired) electrons. The van der Waals surface area contributed by atoms with Crippen LogP contribution in [-0.4, -0.2) is 27.8 Å². The fourth-order valence-electron chi connectivity index (χ4n) is 3.41. The fourth-order valence-corrected chi connectivity index (χ4v) is 5.25. The molecule has 1 heterocycles. The molecule has 1 aromatic carbocycles. The summed E-state index contributed by atoms with van der Waals surface area (Å²) in [5.41, 5.74) is 7.39. The molecule has 1 aromatic heterocycles. The van der Waals surface area contributed by atoms with Gasteiger partial charge in [0.1, 0.15) is 0 Å². The van der Waals surface area contributed by atoms with Gasteiger partial charge in [0.05, 0.1) is 11.0 Å². The van der Waals surface area contributed by atoms with Crippen LogP contribution >= 0.6 is 18.9 Å². The van der Waals surface area contributed by atoms with Gasteiger partial charge >= 0.3 is 7.60 Å². The molecule has 0 aliphatic rings. The molecule has 0 saturated heterocycles. The van der Waals surface area contributed by atoms with Crippen LogP contribution in [0, 0.1) is 0 Å². The number of hydrogen-bond acceptors (Lipinski definition) is 4. The van der Waals surface area contributed by atoms with E-state index in [0.29, 0.717) is 19.3 Å². The largest absolute Gasteiger partial charge is 0.328 e. The van der Waals surface area contributed by atoms with Crippen LogP contribution in [0.4, 0.5) is 0 Å². The van der Waals surface area contributed by atoms with Crippen LogP contribution in [0.3, 0.4) is 0 Å². The third-order valence-corrected chi connectivity index (χ3v) is 7.27. The predicted octanol–water partition coefficient (Wildman–Crippen LogP) is 5.12. The lowest BCUT2D eigenvalue weighted by Crippen LogP contribution is -2.23. The molecule has 2 aromatic rings. The summed E-state index contributed by atoms with van der Waals surface area (Å²) in [6.07, 6.45) is 5.11. The summed E-state index contributed by atoms with van der Waals surface area (Å²) in [5, 5.41) is 0. The molecule has 0 spiro atoms. The van der Waals surface area contributed by atoms with Crippen molar-refractivity contribution >= 4 is 24.7 Å². The highest BCUT2D eigenvalue weighted by Crippen LogP contribution is 2.37. The second-order valence-electron chi connectivity index (χ2n) is 7.60. The lowest BCUT2D eigenvalue weighted by molar-refractivity contribution is 0.0983. The Morgan fingerprint density at radius 1 is 1.14 bits per heavy atom. The fraction of sp³-hybridized carbons (Fsp3) is 0.500. The van der Waals surface area contributed by atoms with Crippen molar-refractivity contribution in [3.63, 3.8) is 0 Å². The third kappa shape index (κ3) is 8.93. The van der Waals surface area contributed by atoms with Crippen molar-refractivity contribution < 1.29 is 19.1 Å². The van der Waals surface area contributed by atoms with E-state index in [-0.39, 0.29) is 23.9 Å². The number of carbonyl (C=O) groups excluding carboxylic acids is 1. The Hall–Kier alpha value is -1.30. The highest BCUT2D eigenvalue weighted by Gasteiger charge is 2.20. The van der Waals surface area contributed by atoms with Crippen molar-refractivity contribution in [1.82, 2.24) is 0 Å². The summed E-state index contributed by atoms with van der Waals surface area (Å²) in [5.74, 6) is 0.404. The van der Waals surface area contributed by atoms with Gasteiger partial charge in [-0.25, -0.2) is 0 Å². The Labute approximate surface area is 177 Å². The number of thiophene rings is 1. The number of ketones is 1. The lowest BCUT2D eigenvalue weighted by Gasteiger charge is -2.19. The van der Waals surface area contributed by atoms with Crippen molar-refractivity contribution in [2.45, 2.75) is 63.8 Å². The normalized spacial score (nSPS) is 13.9. The first kappa shape index (κ1) is 24.0. The summed E-state index contributed by atoms with van der Waals surface area (Å²) in [6, 6.07) is 14.0. The molecule has 0 saturated carbocycles. The van der Waals surface area contributed by atoms with Gasteiger partial charge in [-0.3, -0.25) is 9.36 Å². The molecule has 0 bridgehead atoms. The molecule has 160 valence electrons. The monoisotopic (exact) mass is 437 g/mol. The number of Topliss-reactive ketones (excluding diaryl/α,β-unsaturated/α-hetero) is 1. The molecule has 7 heteroatoms. The third-order valence-electron chi connectivity index (χ3n) is 5.14. The van der Waals surface area contributed by atoms with E-state index in [0.717, 1.165) is 35.4 Å². The smallest absolute Gasteiger partial charge is 0.325 e. The molecule has 29 heavy (non-hydrogen) atoms. The Balaban J connectivity index is 1.80. The number of aryl methyl sites for hydroxylation is 1. The van der Waals surface area contributed by atoms with Gasteiger partial charge in [-0.2, -0.15) is 0 Å². The first-order valence-corrected chi connectivity index (χ1v) is 12.9. The molecule has 2 rings (SSSR count). The minimum Gasteiger partial charge on any atom is -0.328 e. The minimum absolute atomic E-state index is 0.179. The second kappa shape index (κ2) is 11.8. The minimum atomic E-state index is -4.01. The van der Waals surface area contributed by atoms with Crippen molar-refractivity contribution in [3.8, 4) is 0 Å². The van der Waals surface area contributed by atoms with E-state index in [1.165, 1.54) is 16.9 Å². The Morgan fingerprint density at radius 2 is 1.86 bits per heavy atom. The maximum atomic E-state index is 12.5. The van der Waals surface area contributed by atoms with Gasteiger partial charge in [0.25, 0.3) is 0 Å². The van der Waals surface area contributed by atoms with Gasteiger partial charge in [0.2, 0.25) is 0 Å². The van der Waals surface area contributed by atoms with Crippen LogP contribution in [-0.2, 0) is 11.0 Å². The summed E-state index contributed by atoms with van der Waals surface area (Å²) < 4.78 is 11.0. The van der Waals surface area contributed by atoms with E-state index in [9.17, 15) is 9.36 Å². The highest BCUT2D eigenvalue weighted by atomic mass is 32.1. The highest BCUT2D eigenvalue weighted by molar-refractivity contribution is 7.51. The number of nitrogens with two attached hydrogens (primary N) is 1. The Morgan fingerprint density at radius 3 is 2.52 bits per heavy atom. The molecular weight excluding hydrogens is 405 g/mol. The van der Waals surface area contributed by atoms with E-state index < -0.39 is 7.60 Å². The van der Waals surface area contributed by atoms with Gasteiger partial charge in [0, 0.05) is 17.3 Å². The molecule has 4 N–H and O–H groups in total. The molecule has 2 unspecified atom stereocenters. The van der Waals surface area contributed by atoms with Crippen LogP contribution in [0.25, 0.3) is 0 Å². The van der Waals surface area contributed by atoms with E-state index in [1.54, 1.807) is 0 Å². The van der Waals surface area contributed by atoms with Crippen molar-refractivity contribution in [1.29, 1.82) is 0 Å². The van der Waals surface area contributed by atoms with Crippen molar-refractivity contribution in [2.75, 3.05) is 6.16 Å². The van der Waals surface area contributed by atoms with Crippen LogP contribution in [0.1, 0.15) is 71.5 Å². The van der Waals surface area contributed by atoms with Crippen LogP contribution < -0.4 is 5.73 Å². The first-order chi connectivity index (χ1) is 13.8. The van der Waals surface area contributed by atoms with Gasteiger partial charge in [-0.1, -0.05) is 37.3 Å². The maximum Gasteiger partial charge on any atom is 0.325 e. The van der Waals surface area contributed by atoms with Crippen molar-refractivity contribution in [2.24, 2.45) is 5.73 Å². The maximum absolute atomic E-state index is 12.5. The van der Waals surface area contributed by atoms with Crippen LogP contribution in [0.15, 0.2) is 42.5 Å². The zero-order chi connectivity index (χ0) is 21.3. The Bertz CT molecular complexity index is 802. The number of carbonyl (C=O) groups is 1. The first-order valence-electron chi connectivity index (χ1n) is 10.3. The molecule has 0 aliphatic heterocycles. The Kier molecular flexibility index (Phi) is 9.73. The van der Waals surface area contributed by atoms with Crippen molar-refractivity contribution in [3.05, 3.63) is 57.8 Å². The number of hydrogen-bond donors (Lipinski definition) is 3. The van der Waals surface area contributed by atoms with Gasteiger partial charge in [0.15, 0.2) is 5.78 Å². The van der Waals surface area contributed by atoms with E-state index >= 15 is 0 Å². The average Bonchev–Trinajstić information content (AvgIpc) is 3.18. The van der Waals surface area contributed by atoms with E-state index in [2.05, 4.69) is 19.1 Å². The standard InChI is InChI=1S/C22H32NO4PS/c1-2-18(16-19(23)14-15-28(25,26)27)21-12-13-22(29-21)20(24)11-7-6-10-17-8-4-3-5-9-17/h3-5,8-9,12-13,18-19H,2,6-7,10-11,14-16,23H2,1H3,(H2,25,26,27). The van der Waals surface area contributed by atoms with E-state index in [4.69, 9.17) is 15.5 Å². The molecule has 0 amide bonds. The van der Waals surface area contributed by atoms with Crippen LogP contribution in [0.2, 0.25) is 0 Å².